The van der Waals surface area contributed by atoms with Crippen LogP contribution in [0.15, 0.2) is 18.5 Å². The van der Waals surface area contributed by atoms with Crippen molar-refractivity contribution in [3.05, 3.63) is 18.5 Å². The summed E-state index contributed by atoms with van der Waals surface area (Å²) in [5, 5.41) is 7.54. The van der Waals surface area contributed by atoms with Gasteiger partial charge in [-0.05, 0) is 19.0 Å². The van der Waals surface area contributed by atoms with Crippen LogP contribution < -0.4 is 5.32 Å². The van der Waals surface area contributed by atoms with Crippen molar-refractivity contribution >= 4 is 5.91 Å². The van der Waals surface area contributed by atoms with E-state index in [9.17, 15) is 4.79 Å². The van der Waals surface area contributed by atoms with Gasteiger partial charge in [-0.2, -0.15) is 5.10 Å². The molecule has 0 bridgehead atoms. The van der Waals surface area contributed by atoms with Gasteiger partial charge < -0.3 is 10.2 Å². The van der Waals surface area contributed by atoms with E-state index in [1.54, 1.807) is 6.20 Å². The molecule has 0 radical (unpaired) electrons. The summed E-state index contributed by atoms with van der Waals surface area (Å²) in [5.74, 6) is 0.254. The van der Waals surface area contributed by atoms with Gasteiger partial charge >= 0.3 is 0 Å². The predicted octanol–water partition coefficient (Wildman–Crippen LogP) is -0.221. The van der Waals surface area contributed by atoms with Crippen molar-refractivity contribution in [1.82, 2.24) is 24.9 Å². The number of aryl methyl sites for hydroxylation is 1. The van der Waals surface area contributed by atoms with Gasteiger partial charge in [0.05, 0.1) is 0 Å². The molecule has 20 heavy (non-hydrogen) atoms. The smallest absolute Gasteiger partial charge is 0.224 e. The molecule has 6 nitrogen and oxygen atoms in total. The van der Waals surface area contributed by atoms with Gasteiger partial charge in [-0.3, -0.25) is 14.4 Å². The van der Waals surface area contributed by atoms with Gasteiger partial charge in [0.25, 0.3) is 0 Å². The van der Waals surface area contributed by atoms with Gasteiger partial charge in [0.2, 0.25) is 5.91 Å². The number of aromatic nitrogens is 2. The molecule has 2 saturated heterocycles. The van der Waals surface area contributed by atoms with Gasteiger partial charge in [-0.15, -0.1) is 0 Å². The van der Waals surface area contributed by atoms with Crippen molar-refractivity contribution < 1.29 is 4.79 Å². The molecule has 3 heterocycles. The number of nitrogens with zero attached hydrogens (tertiary/aromatic N) is 4. The quantitative estimate of drug-likeness (QED) is 0.827. The number of carbonyl (C=O) groups excluding carboxylic acids is 1. The van der Waals surface area contributed by atoms with E-state index in [0.29, 0.717) is 19.0 Å². The number of hydrogen-bond donors (Lipinski definition) is 1. The van der Waals surface area contributed by atoms with Gasteiger partial charge in [-0.1, -0.05) is 0 Å². The van der Waals surface area contributed by atoms with Gasteiger partial charge in [0.1, 0.15) is 0 Å². The van der Waals surface area contributed by atoms with Crippen molar-refractivity contribution in [2.45, 2.75) is 25.4 Å². The monoisotopic (exact) mass is 277 g/mol. The van der Waals surface area contributed by atoms with E-state index < -0.39 is 0 Å². The first-order valence-corrected chi connectivity index (χ1v) is 7.53. The van der Waals surface area contributed by atoms with Crippen LogP contribution in [0.4, 0.5) is 0 Å². The standard InChI is InChI=1S/C14H23N5O/c20-14(3-7-19-6-1-4-16-19)18-10-8-17(9-11-18)13-2-5-15-12-13/h1,4,6,13,15H,2-3,5,7-12H2. The van der Waals surface area contributed by atoms with E-state index in [1.807, 2.05) is 21.8 Å². The Bertz CT molecular complexity index is 419. The first-order valence-electron chi connectivity index (χ1n) is 7.53. The molecule has 2 fully saturated rings. The molecule has 1 N–H and O–H groups in total. The molecule has 6 heteroatoms. The Morgan fingerprint density at radius 3 is 2.80 bits per heavy atom. The molecule has 2 aliphatic heterocycles. The van der Waals surface area contributed by atoms with Crippen LogP contribution in [0.5, 0.6) is 0 Å². The molecule has 110 valence electrons. The third kappa shape index (κ3) is 3.19. The Labute approximate surface area is 119 Å². The van der Waals surface area contributed by atoms with Crippen molar-refractivity contribution in [2.24, 2.45) is 0 Å². The summed E-state index contributed by atoms with van der Waals surface area (Å²) in [7, 11) is 0. The highest BCUT2D eigenvalue weighted by atomic mass is 16.2. The van der Waals surface area contributed by atoms with Crippen LogP contribution in [-0.4, -0.2) is 70.8 Å². The number of piperazine rings is 1. The summed E-state index contributed by atoms with van der Waals surface area (Å²) in [4.78, 5) is 16.7. The van der Waals surface area contributed by atoms with Crippen LogP contribution in [0.1, 0.15) is 12.8 Å². The molecular weight excluding hydrogens is 254 g/mol. The first-order chi connectivity index (χ1) is 9.83. The zero-order chi connectivity index (χ0) is 13.8. The highest BCUT2D eigenvalue weighted by molar-refractivity contribution is 5.76. The lowest BCUT2D eigenvalue weighted by Gasteiger charge is -2.37. The summed E-state index contributed by atoms with van der Waals surface area (Å²) >= 11 is 0. The van der Waals surface area contributed by atoms with Crippen LogP contribution in [0.2, 0.25) is 0 Å². The normalized spacial score (nSPS) is 24.2. The molecule has 0 spiro atoms. The number of nitrogens with one attached hydrogen (secondary N) is 1. The van der Waals surface area contributed by atoms with E-state index in [4.69, 9.17) is 0 Å². The van der Waals surface area contributed by atoms with Gasteiger partial charge in [-0.25, -0.2) is 0 Å². The molecule has 2 aliphatic rings. The third-order valence-corrected chi connectivity index (χ3v) is 4.33. The van der Waals surface area contributed by atoms with E-state index in [1.165, 1.54) is 6.42 Å². The molecule has 1 aromatic rings. The summed E-state index contributed by atoms with van der Waals surface area (Å²) in [6.45, 7) is 6.68. The van der Waals surface area contributed by atoms with Gasteiger partial charge in [0, 0.05) is 64.1 Å². The van der Waals surface area contributed by atoms with Crippen LogP contribution >= 0.6 is 0 Å². The van der Waals surface area contributed by atoms with Crippen molar-refractivity contribution in [3.63, 3.8) is 0 Å². The first kappa shape index (κ1) is 13.6. The third-order valence-electron chi connectivity index (χ3n) is 4.33. The molecule has 0 aromatic carbocycles. The maximum Gasteiger partial charge on any atom is 0.224 e. The largest absolute Gasteiger partial charge is 0.340 e. The summed E-state index contributed by atoms with van der Waals surface area (Å²) in [5.41, 5.74) is 0. The fraction of sp³-hybridized carbons (Fsp3) is 0.714. The van der Waals surface area contributed by atoms with Crippen LogP contribution in [-0.2, 0) is 11.3 Å². The second-order valence-electron chi connectivity index (χ2n) is 5.58. The lowest BCUT2D eigenvalue weighted by molar-refractivity contribution is -0.133. The number of amides is 1. The SMILES string of the molecule is O=C(CCn1cccn1)N1CCN(C2CCNC2)CC1. The second kappa shape index (κ2) is 6.37. The minimum absolute atomic E-state index is 0.254. The lowest BCUT2D eigenvalue weighted by Crippen LogP contribution is -2.52. The predicted molar refractivity (Wildman–Crippen MR) is 76.3 cm³/mol. The average Bonchev–Trinajstić information content (AvgIpc) is 3.18. The summed E-state index contributed by atoms with van der Waals surface area (Å²) < 4.78 is 1.82. The van der Waals surface area contributed by atoms with E-state index >= 15 is 0 Å². The van der Waals surface area contributed by atoms with Crippen LogP contribution in [0.3, 0.4) is 0 Å². The zero-order valence-corrected chi connectivity index (χ0v) is 11.9. The molecular formula is C14H23N5O. The fourth-order valence-corrected chi connectivity index (χ4v) is 3.09. The minimum atomic E-state index is 0.254. The number of rotatable bonds is 4. The minimum Gasteiger partial charge on any atom is -0.340 e. The lowest BCUT2D eigenvalue weighted by atomic mass is 10.2. The Balaban J connectivity index is 1.41. The molecule has 1 aromatic heterocycles. The van der Waals surface area contributed by atoms with Crippen molar-refractivity contribution in [3.8, 4) is 0 Å². The molecule has 3 rings (SSSR count). The van der Waals surface area contributed by atoms with E-state index in [-0.39, 0.29) is 5.91 Å². The van der Waals surface area contributed by atoms with E-state index in [2.05, 4.69) is 15.3 Å². The molecule has 1 amide bonds. The summed E-state index contributed by atoms with van der Waals surface area (Å²) in [6, 6.07) is 2.56. The van der Waals surface area contributed by atoms with Crippen LogP contribution in [0.25, 0.3) is 0 Å². The Hall–Kier alpha value is -1.40. The van der Waals surface area contributed by atoms with Crippen LogP contribution in [0, 0.1) is 0 Å². The Morgan fingerprint density at radius 2 is 2.15 bits per heavy atom. The fourth-order valence-electron chi connectivity index (χ4n) is 3.09. The van der Waals surface area contributed by atoms with Crippen molar-refractivity contribution in [1.29, 1.82) is 0 Å². The Morgan fingerprint density at radius 1 is 1.30 bits per heavy atom. The topological polar surface area (TPSA) is 53.4 Å². The van der Waals surface area contributed by atoms with E-state index in [0.717, 1.165) is 39.3 Å². The maximum absolute atomic E-state index is 12.2. The highest BCUT2D eigenvalue weighted by Gasteiger charge is 2.27. The zero-order valence-electron chi connectivity index (χ0n) is 11.9. The highest BCUT2D eigenvalue weighted by Crippen LogP contribution is 2.12. The molecule has 0 saturated carbocycles. The number of carbonyl (C=O) groups is 1. The number of hydrogen-bond acceptors (Lipinski definition) is 4. The average molecular weight is 277 g/mol. The molecule has 0 aliphatic carbocycles. The molecule has 1 unspecified atom stereocenters. The summed E-state index contributed by atoms with van der Waals surface area (Å²) in [6.07, 6.45) is 5.44. The molecule has 1 atom stereocenters. The maximum atomic E-state index is 12.2. The van der Waals surface area contributed by atoms with Gasteiger partial charge in [0.15, 0.2) is 0 Å². The Kier molecular flexibility index (Phi) is 4.32. The second-order valence-corrected chi connectivity index (χ2v) is 5.58. The van der Waals surface area contributed by atoms with Crippen molar-refractivity contribution in [2.75, 3.05) is 39.3 Å².